The molecule has 0 aliphatic heterocycles. The number of aryl methyl sites for hydroxylation is 1. The number of aliphatic carboxylic acids is 1. The molecule has 1 aromatic heterocycles. The van der Waals surface area contributed by atoms with E-state index < -0.39 is 5.97 Å². The highest BCUT2D eigenvalue weighted by Gasteiger charge is 1.82. The molecule has 0 spiro atoms. The number of rotatable bonds is 0. The van der Waals surface area contributed by atoms with Gasteiger partial charge in [-0.2, -0.15) is 0 Å². The number of carbonyl (C=O) groups is 1. The molecule has 0 amide bonds. The van der Waals surface area contributed by atoms with Gasteiger partial charge in [0, 0.05) is 19.3 Å². The lowest BCUT2D eigenvalue weighted by Crippen LogP contribution is -2.01. The van der Waals surface area contributed by atoms with Crippen LogP contribution in [0.3, 0.4) is 0 Å². The molecular weight excluding hydrogens is 199 g/mol. The molecule has 1 unspecified atom stereocenters. The van der Waals surface area contributed by atoms with Crippen molar-refractivity contribution in [1.82, 2.24) is 9.97 Å². The van der Waals surface area contributed by atoms with E-state index in [1.807, 2.05) is 20.8 Å². The van der Waals surface area contributed by atoms with Crippen LogP contribution in [0, 0.1) is 6.92 Å². The smallest absolute Gasteiger partial charge is 0.300 e. The highest BCUT2D eigenvalue weighted by atomic mass is 31.0. The summed E-state index contributed by atoms with van der Waals surface area (Å²) in [4.78, 5) is 16.9. The zero-order valence-corrected chi connectivity index (χ0v) is 10.1. The lowest BCUT2D eigenvalue weighted by atomic mass is 10.4. The molecule has 1 atom stereocenters. The zero-order chi connectivity index (χ0) is 11.6. The molecule has 0 saturated heterocycles. The molecule has 1 N–H and O–H groups in total. The summed E-state index contributed by atoms with van der Waals surface area (Å²) >= 11 is 0. The van der Waals surface area contributed by atoms with Crippen molar-refractivity contribution >= 4 is 20.8 Å². The summed E-state index contributed by atoms with van der Waals surface area (Å²) in [7, 11) is 2.43. The summed E-state index contributed by atoms with van der Waals surface area (Å²) in [5.74, 6) is -0.833. The molecule has 0 bridgehead atoms. The fourth-order valence-corrected chi connectivity index (χ4v) is 0.552. The number of hydrogen-bond donors (Lipinski definition) is 1. The van der Waals surface area contributed by atoms with E-state index in [1.54, 1.807) is 12.4 Å². The molecule has 14 heavy (non-hydrogen) atoms. The van der Waals surface area contributed by atoms with E-state index in [0.717, 1.165) is 18.1 Å². The standard InChI is InChI=1S/C5H7N2P.C2H4O2.C2H6/c1-4-2-6-5(8)7-3-4;1-2(3)4;1-2/h2-3H,8H2,1H3;1H3,(H,3,4);1-2H3. The van der Waals surface area contributed by atoms with Gasteiger partial charge >= 0.3 is 0 Å². The Bertz CT molecular complexity index is 224. The Balaban J connectivity index is 0. The third-order valence-corrected chi connectivity index (χ3v) is 1.10. The quantitative estimate of drug-likeness (QED) is 0.666. The van der Waals surface area contributed by atoms with Crippen LogP contribution in [0.2, 0.25) is 0 Å². The second kappa shape index (κ2) is 10.1. The topological polar surface area (TPSA) is 63.1 Å². The molecule has 0 radical (unpaired) electrons. The third-order valence-electron chi connectivity index (χ3n) is 0.801. The zero-order valence-electron chi connectivity index (χ0n) is 8.98. The van der Waals surface area contributed by atoms with Crippen molar-refractivity contribution in [2.45, 2.75) is 27.7 Å². The van der Waals surface area contributed by atoms with Crippen LogP contribution in [0.1, 0.15) is 26.3 Å². The number of aromatic nitrogens is 2. The molecule has 4 nitrogen and oxygen atoms in total. The molecular formula is C9H17N2O2P. The van der Waals surface area contributed by atoms with E-state index in [2.05, 4.69) is 19.2 Å². The molecule has 0 aromatic carbocycles. The highest BCUT2D eigenvalue weighted by molar-refractivity contribution is 7.26. The molecule has 0 aliphatic rings. The molecule has 0 saturated carbocycles. The van der Waals surface area contributed by atoms with Gasteiger partial charge < -0.3 is 5.11 Å². The maximum Gasteiger partial charge on any atom is 0.300 e. The maximum absolute atomic E-state index is 9.00. The molecule has 5 heteroatoms. The Morgan fingerprint density at radius 3 is 1.86 bits per heavy atom. The van der Waals surface area contributed by atoms with Crippen molar-refractivity contribution in [1.29, 1.82) is 0 Å². The van der Waals surface area contributed by atoms with Crippen LogP contribution in [-0.4, -0.2) is 21.0 Å². The summed E-state index contributed by atoms with van der Waals surface area (Å²) in [6, 6.07) is 0. The van der Waals surface area contributed by atoms with Crippen LogP contribution in [0.4, 0.5) is 0 Å². The van der Waals surface area contributed by atoms with Crippen molar-refractivity contribution in [3.8, 4) is 0 Å². The largest absolute Gasteiger partial charge is 0.481 e. The average molecular weight is 216 g/mol. The summed E-state index contributed by atoms with van der Waals surface area (Å²) in [5.41, 5.74) is 1.84. The number of hydrogen-bond acceptors (Lipinski definition) is 3. The van der Waals surface area contributed by atoms with Gasteiger partial charge in [-0.1, -0.05) is 23.1 Å². The van der Waals surface area contributed by atoms with Gasteiger partial charge in [0.2, 0.25) is 0 Å². The normalized spacial score (nSPS) is 7.50. The van der Waals surface area contributed by atoms with Gasteiger partial charge in [-0.3, -0.25) is 4.79 Å². The summed E-state index contributed by atoms with van der Waals surface area (Å²) < 4.78 is 0. The SMILES string of the molecule is CC.CC(=O)O.Cc1cnc(P)nc1. The Morgan fingerprint density at radius 1 is 1.36 bits per heavy atom. The lowest BCUT2D eigenvalue weighted by molar-refractivity contribution is -0.134. The van der Waals surface area contributed by atoms with Gasteiger partial charge in [-0.15, -0.1) is 0 Å². The molecule has 1 aromatic rings. The summed E-state index contributed by atoms with van der Waals surface area (Å²) in [6.45, 7) is 7.05. The first-order chi connectivity index (χ1) is 6.52. The minimum atomic E-state index is -0.833. The van der Waals surface area contributed by atoms with Gasteiger partial charge in [0.25, 0.3) is 5.97 Å². The fraction of sp³-hybridized carbons (Fsp3) is 0.444. The van der Waals surface area contributed by atoms with Crippen molar-refractivity contribution in [2.75, 3.05) is 0 Å². The predicted molar refractivity (Wildman–Crippen MR) is 60.8 cm³/mol. The maximum atomic E-state index is 9.00. The Kier molecular flexibility index (Phi) is 11.1. The van der Waals surface area contributed by atoms with Crippen LogP contribution in [-0.2, 0) is 4.79 Å². The van der Waals surface area contributed by atoms with Gasteiger partial charge in [0.1, 0.15) is 5.57 Å². The minimum Gasteiger partial charge on any atom is -0.481 e. The van der Waals surface area contributed by atoms with Crippen molar-refractivity contribution in [3.05, 3.63) is 18.0 Å². The first kappa shape index (κ1) is 15.5. The van der Waals surface area contributed by atoms with E-state index in [0.29, 0.717) is 0 Å². The lowest BCUT2D eigenvalue weighted by Gasteiger charge is -1.88. The van der Waals surface area contributed by atoms with Crippen LogP contribution < -0.4 is 5.57 Å². The van der Waals surface area contributed by atoms with Gasteiger partial charge in [-0.05, 0) is 12.5 Å². The van der Waals surface area contributed by atoms with E-state index in [9.17, 15) is 0 Å². The third kappa shape index (κ3) is 13.6. The minimum absolute atomic E-state index is 0.746. The van der Waals surface area contributed by atoms with Crippen molar-refractivity contribution in [3.63, 3.8) is 0 Å². The first-order valence-corrected chi connectivity index (χ1v) is 4.83. The van der Waals surface area contributed by atoms with Crippen LogP contribution in [0.5, 0.6) is 0 Å². The van der Waals surface area contributed by atoms with Crippen LogP contribution in [0.25, 0.3) is 0 Å². The average Bonchev–Trinajstić information content (AvgIpc) is 2.13. The Morgan fingerprint density at radius 2 is 1.64 bits per heavy atom. The molecule has 0 fully saturated rings. The van der Waals surface area contributed by atoms with Crippen LogP contribution >= 0.6 is 9.24 Å². The first-order valence-electron chi connectivity index (χ1n) is 4.26. The highest BCUT2D eigenvalue weighted by Crippen LogP contribution is 1.86. The van der Waals surface area contributed by atoms with Gasteiger partial charge in [-0.25, -0.2) is 9.97 Å². The molecule has 0 aliphatic carbocycles. The van der Waals surface area contributed by atoms with Crippen molar-refractivity contribution in [2.24, 2.45) is 0 Å². The van der Waals surface area contributed by atoms with E-state index in [-0.39, 0.29) is 0 Å². The van der Waals surface area contributed by atoms with Crippen LogP contribution in [0.15, 0.2) is 12.4 Å². The molecule has 1 rings (SSSR count). The second-order valence-electron chi connectivity index (χ2n) is 2.14. The monoisotopic (exact) mass is 216 g/mol. The predicted octanol–water partition coefficient (Wildman–Crippen LogP) is 1.40. The summed E-state index contributed by atoms with van der Waals surface area (Å²) in [5, 5.41) is 7.42. The van der Waals surface area contributed by atoms with E-state index in [1.165, 1.54) is 0 Å². The Hall–Kier alpha value is -1.02. The number of carboxylic acids is 1. The number of nitrogens with zero attached hydrogens (tertiary/aromatic N) is 2. The van der Waals surface area contributed by atoms with Gasteiger partial charge in [0.15, 0.2) is 0 Å². The summed E-state index contributed by atoms with van der Waals surface area (Å²) in [6.07, 6.45) is 3.57. The van der Waals surface area contributed by atoms with E-state index in [4.69, 9.17) is 9.90 Å². The molecule has 1 heterocycles. The van der Waals surface area contributed by atoms with Gasteiger partial charge in [0.05, 0.1) is 0 Å². The number of carboxylic acid groups (broad SMARTS) is 1. The van der Waals surface area contributed by atoms with Crippen molar-refractivity contribution < 1.29 is 9.90 Å². The second-order valence-corrected chi connectivity index (χ2v) is 2.65. The fourth-order valence-electron chi connectivity index (χ4n) is 0.403. The Labute approximate surface area is 87.0 Å². The molecule has 80 valence electrons. The van der Waals surface area contributed by atoms with E-state index >= 15 is 0 Å².